The van der Waals surface area contributed by atoms with E-state index in [1.54, 1.807) is 0 Å². The van der Waals surface area contributed by atoms with E-state index in [1.807, 2.05) is 32.0 Å². The first-order valence-corrected chi connectivity index (χ1v) is 4.91. The van der Waals surface area contributed by atoms with Gasteiger partial charge < -0.3 is 5.32 Å². The lowest BCUT2D eigenvalue weighted by Gasteiger charge is -2.15. The van der Waals surface area contributed by atoms with E-state index in [4.69, 9.17) is 5.26 Å². The predicted octanol–water partition coefficient (Wildman–Crippen LogP) is 2.32. The van der Waals surface area contributed by atoms with Crippen molar-refractivity contribution in [2.24, 2.45) is 5.92 Å². The summed E-state index contributed by atoms with van der Waals surface area (Å²) in [6.07, 6.45) is 0. The van der Waals surface area contributed by atoms with Gasteiger partial charge in [0.15, 0.2) is 0 Å². The van der Waals surface area contributed by atoms with Crippen LogP contribution in [-0.4, -0.2) is 6.04 Å². The molecule has 1 N–H and O–H groups in total. The van der Waals surface area contributed by atoms with Gasteiger partial charge in [0.2, 0.25) is 0 Å². The molecule has 0 aromatic heterocycles. The van der Waals surface area contributed by atoms with E-state index < -0.39 is 0 Å². The average molecular weight is 188 g/mol. The predicted molar refractivity (Wildman–Crippen MR) is 57.5 cm³/mol. The van der Waals surface area contributed by atoms with Crippen LogP contribution < -0.4 is 5.32 Å². The first-order valence-electron chi connectivity index (χ1n) is 4.91. The van der Waals surface area contributed by atoms with Crippen molar-refractivity contribution in [1.29, 1.82) is 5.26 Å². The lowest BCUT2D eigenvalue weighted by atomic mass is 10.1. The average Bonchev–Trinajstić information content (AvgIpc) is 2.26. The van der Waals surface area contributed by atoms with E-state index in [9.17, 15) is 0 Å². The highest BCUT2D eigenvalue weighted by atomic mass is 14.9. The smallest absolute Gasteiger partial charge is 0.0669 e. The third kappa shape index (κ3) is 3.20. The van der Waals surface area contributed by atoms with Crippen LogP contribution in [0.5, 0.6) is 0 Å². The maximum absolute atomic E-state index is 8.71. The summed E-state index contributed by atoms with van der Waals surface area (Å²) in [5.41, 5.74) is 1.25. The molecule has 14 heavy (non-hydrogen) atoms. The van der Waals surface area contributed by atoms with Crippen LogP contribution >= 0.6 is 0 Å². The van der Waals surface area contributed by atoms with Crippen molar-refractivity contribution >= 4 is 0 Å². The van der Waals surface area contributed by atoms with Crippen LogP contribution in [0.4, 0.5) is 0 Å². The van der Waals surface area contributed by atoms with Crippen molar-refractivity contribution in [3.05, 3.63) is 35.9 Å². The van der Waals surface area contributed by atoms with E-state index in [0.29, 0.717) is 0 Å². The fraction of sp³-hybridized carbons (Fsp3) is 0.417. The van der Waals surface area contributed by atoms with Crippen LogP contribution in [-0.2, 0) is 6.54 Å². The Balaban J connectivity index is 2.39. The van der Waals surface area contributed by atoms with E-state index in [2.05, 4.69) is 23.5 Å². The van der Waals surface area contributed by atoms with E-state index in [0.717, 1.165) is 6.54 Å². The van der Waals surface area contributed by atoms with Gasteiger partial charge in [-0.3, -0.25) is 0 Å². The number of benzene rings is 1. The van der Waals surface area contributed by atoms with Crippen molar-refractivity contribution in [3.63, 3.8) is 0 Å². The lowest BCUT2D eigenvalue weighted by Crippen LogP contribution is -2.30. The lowest BCUT2D eigenvalue weighted by molar-refractivity contribution is 0.466. The number of nitrogens with one attached hydrogen (secondary N) is 1. The minimum Gasteiger partial charge on any atom is -0.309 e. The van der Waals surface area contributed by atoms with E-state index >= 15 is 0 Å². The minimum absolute atomic E-state index is 0.0544. The molecule has 0 bridgehead atoms. The summed E-state index contributed by atoms with van der Waals surface area (Å²) >= 11 is 0. The molecule has 1 rings (SSSR count). The second kappa shape index (κ2) is 5.41. The molecule has 0 aliphatic carbocycles. The molecule has 0 spiro atoms. The molecule has 1 aromatic rings. The topological polar surface area (TPSA) is 35.8 Å². The molecule has 2 nitrogen and oxygen atoms in total. The molecular weight excluding hydrogens is 172 g/mol. The van der Waals surface area contributed by atoms with Crippen LogP contribution in [0, 0.1) is 17.2 Å². The monoisotopic (exact) mass is 188 g/mol. The number of nitrogens with zero attached hydrogens (tertiary/aromatic N) is 1. The van der Waals surface area contributed by atoms with Gasteiger partial charge in [-0.2, -0.15) is 5.26 Å². The highest BCUT2D eigenvalue weighted by molar-refractivity contribution is 5.14. The molecule has 0 saturated heterocycles. The summed E-state index contributed by atoms with van der Waals surface area (Å²) < 4.78 is 0. The summed E-state index contributed by atoms with van der Waals surface area (Å²) in [6.45, 7) is 4.80. The standard InChI is InChI=1S/C12H16N2/c1-10(8-13)11(2)14-9-12-6-4-3-5-7-12/h3-7,10-11,14H,9H2,1-2H3. The van der Waals surface area contributed by atoms with Gasteiger partial charge in [0.1, 0.15) is 0 Å². The van der Waals surface area contributed by atoms with Crippen LogP contribution in [0.2, 0.25) is 0 Å². The van der Waals surface area contributed by atoms with Crippen molar-refractivity contribution in [1.82, 2.24) is 5.32 Å². The van der Waals surface area contributed by atoms with E-state index in [1.165, 1.54) is 5.56 Å². The quantitative estimate of drug-likeness (QED) is 0.787. The van der Waals surface area contributed by atoms with Gasteiger partial charge in [-0.25, -0.2) is 0 Å². The summed E-state index contributed by atoms with van der Waals surface area (Å²) in [5, 5.41) is 12.0. The Morgan fingerprint density at radius 2 is 1.93 bits per heavy atom. The zero-order valence-corrected chi connectivity index (χ0v) is 8.70. The zero-order chi connectivity index (χ0) is 10.4. The summed E-state index contributed by atoms with van der Waals surface area (Å²) in [4.78, 5) is 0. The molecule has 2 unspecified atom stereocenters. The molecular formula is C12H16N2. The molecule has 2 heteroatoms. The van der Waals surface area contributed by atoms with Gasteiger partial charge in [0.25, 0.3) is 0 Å². The molecule has 0 fully saturated rings. The molecule has 1 aromatic carbocycles. The normalized spacial score (nSPS) is 14.4. The third-order valence-electron chi connectivity index (χ3n) is 2.42. The Labute approximate surface area is 85.6 Å². The van der Waals surface area contributed by atoms with Gasteiger partial charge in [0, 0.05) is 12.6 Å². The minimum atomic E-state index is 0.0544. The number of nitriles is 1. The Morgan fingerprint density at radius 1 is 1.29 bits per heavy atom. The SMILES string of the molecule is CC(C#N)C(C)NCc1ccccc1. The van der Waals surface area contributed by atoms with Gasteiger partial charge >= 0.3 is 0 Å². The summed E-state index contributed by atoms with van der Waals surface area (Å²) in [5.74, 6) is 0.0544. The van der Waals surface area contributed by atoms with Gasteiger partial charge in [-0.15, -0.1) is 0 Å². The molecule has 0 saturated carbocycles. The van der Waals surface area contributed by atoms with Gasteiger partial charge in [-0.1, -0.05) is 30.3 Å². The zero-order valence-electron chi connectivity index (χ0n) is 8.70. The van der Waals surface area contributed by atoms with Crippen molar-refractivity contribution < 1.29 is 0 Å². The Bertz CT molecular complexity index is 300. The maximum Gasteiger partial charge on any atom is 0.0669 e. The molecule has 0 heterocycles. The maximum atomic E-state index is 8.71. The van der Waals surface area contributed by atoms with Crippen LogP contribution in [0.15, 0.2) is 30.3 Å². The largest absolute Gasteiger partial charge is 0.309 e. The van der Waals surface area contributed by atoms with Crippen LogP contribution in [0.1, 0.15) is 19.4 Å². The summed E-state index contributed by atoms with van der Waals surface area (Å²) in [6, 6.07) is 12.7. The molecule has 0 radical (unpaired) electrons. The van der Waals surface area contributed by atoms with Gasteiger partial charge in [0.05, 0.1) is 12.0 Å². The molecule has 0 aliphatic heterocycles. The molecule has 2 atom stereocenters. The van der Waals surface area contributed by atoms with E-state index in [-0.39, 0.29) is 12.0 Å². The number of rotatable bonds is 4. The van der Waals surface area contributed by atoms with Crippen molar-refractivity contribution in [2.45, 2.75) is 26.4 Å². The van der Waals surface area contributed by atoms with Crippen LogP contribution in [0.3, 0.4) is 0 Å². The van der Waals surface area contributed by atoms with Gasteiger partial charge in [-0.05, 0) is 19.4 Å². The number of hydrogen-bond donors (Lipinski definition) is 1. The summed E-state index contributed by atoms with van der Waals surface area (Å²) in [7, 11) is 0. The fourth-order valence-corrected chi connectivity index (χ4v) is 1.16. The van der Waals surface area contributed by atoms with Crippen molar-refractivity contribution in [2.75, 3.05) is 0 Å². The molecule has 0 aliphatic rings. The second-order valence-electron chi connectivity index (χ2n) is 3.57. The highest BCUT2D eigenvalue weighted by Gasteiger charge is 2.09. The Morgan fingerprint density at radius 3 is 2.50 bits per heavy atom. The third-order valence-corrected chi connectivity index (χ3v) is 2.42. The molecule has 0 amide bonds. The highest BCUT2D eigenvalue weighted by Crippen LogP contribution is 2.03. The van der Waals surface area contributed by atoms with Crippen LogP contribution in [0.25, 0.3) is 0 Å². The fourth-order valence-electron chi connectivity index (χ4n) is 1.16. The number of hydrogen-bond acceptors (Lipinski definition) is 2. The Kier molecular flexibility index (Phi) is 4.15. The van der Waals surface area contributed by atoms with Crippen molar-refractivity contribution in [3.8, 4) is 6.07 Å². The first kappa shape index (κ1) is 10.7. The second-order valence-corrected chi connectivity index (χ2v) is 3.57. The first-order chi connectivity index (χ1) is 6.74. The molecule has 74 valence electrons. The Hall–Kier alpha value is -1.33.